The summed E-state index contributed by atoms with van der Waals surface area (Å²) in [5.74, 6) is -0.516. The van der Waals surface area contributed by atoms with Crippen LogP contribution >= 0.6 is 35.3 Å². The summed E-state index contributed by atoms with van der Waals surface area (Å²) in [5.41, 5.74) is 1.68. The van der Waals surface area contributed by atoms with Crippen molar-refractivity contribution in [2.24, 2.45) is 0 Å². The number of hydrogen-bond donors (Lipinski definition) is 1. The molecule has 9 heteroatoms. The number of nitrogens with zero attached hydrogens (tertiary/aromatic N) is 1. The first-order valence-corrected chi connectivity index (χ1v) is 10.3. The van der Waals surface area contributed by atoms with Crippen molar-refractivity contribution in [2.45, 2.75) is 25.7 Å². The van der Waals surface area contributed by atoms with Gasteiger partial charge in [-0.1, -0.05) is 24.0 Å². The highest BCUT2D eigenvalue weighted by molar-refractivity contribution is 8.23. The number of nitrogens with one attached hydrogen (secondary N) is 1. The predicted octanol–water partition coefficient (Wildman–Crippen LogP) is 1.76. The number of ether oxygens (including phenoxy) is 1. The van der Waals surface area contributed by atoms with Crippen LogP contribution < -0.4 is 5.32 Å². The van der Waals surface area contributed by atoms with Crippen LogP contribution in [-0.2, 0) is 27.2 Å². The Labute approximate surface area is 159 Å². The number of carbonyl (C=O) groups excluding carboxylic acids is 3. The van der Waals surface area contributed by atoms with Crippen molar-refractivity contribution in [3.8, 4) is 0 Å². The summed E-state index contributed by atoms with van der Waals surface area (Å²) in [6, 6.07) is 0. The molecule has 0 bridgehead atoms. The molecule has 0 aromatic carbocycles. The Hall–Kier alpha value is -1.45. The lowest BCUT2D eigenvalue weighted by atomic mass is 9.96. The van der Waals surface area contributed by atoms with E-state index in [-0.39, 0.29) is 25.0 Å². The molecule has 0 atom stereocenters. The number of fused-ring (bicyclic) bond motifs is 1. The normalized spacial score (nSPS) is 16.7. The van der Waals surface area contributed by atoms with Gasteiger partial charge in [0, 0.05) is 23.3 Å². The van der Waals surface area contributed by atoms with Crippen molar-refractivity contribution in [1.29, 1.82) is 0 Å². The van der Waals surface area contributed by atoms with Gasteiger partial charge in [0.25, 0.3) is 5.91 Å². The topological polar surface area (TPSA) is 75.7 Å². The summed E-state index contributed by atoms with van der Waals surface area (Å²) in [5, 5.41) is 4.46. The molecule has 0 spiro atoms. The van der Waals surface area contributed by atoms with E-state index in [1.165, 1.54) is 21.5 Å². The molecule has 2 aliphatic rings. The van der Waals surface area contributed by atoms with E-state index in [1.54, 1.807) is 11.3 Å². The molecular formula is C16H18N2O4S3. The molecule has 1 fully saturated rings. The minimum atomic E-state index is -0.443. The van der Waals surface area contributed by atoms with E-state index in [2.05, 4.69) is 5.32 Å². The highest BCUT2D eigenvalue weighted by Gasteiger charge is 2.26. The Morgan fingerprint density at radius 2 is 2.12 bits per heavy atom. The van der Waals surface area contributed by atoms with Crippen molar-refractivity contribution in [2.75, 3.05) is 25.4 Å². The number of thiophene rings is 1. The van der Waals surface area contributed by atoms with Crippen LogP contribution in [0, 0.1) is 0 Å². The van der Waals surface area contributed by atoms with Crippen molar-refractivity contribution >= 4 is 57.4 Å². The Bertz CT molecular complexity index is 700. The summed E-state index contributed by atoms with van der Waals surface area (Å²) in [7, 11) is 0. The second-order valence-electron chi connectivity index (χ2n) is 5.78. The number of carbonyl (C=O) groups is 3. The lowest BCUT2D eigenvalue weighted by Gasteiger charge is -2.15. The van der Waals surface area contributed by atoms with E-state index < -0.39 is 5.97 Å². The molecule has 6 nitrogen and oxygen atoms in total. The number of aryl methyl sites for hydroxylation is 1. The first-order valence-electron chi connectivity index (χ1n) is 8.06. The Morgan fingerprint density at radius 3 is 2.88 bits per heavy atom. The quantitative estimate of drug-likeness (QED) is 0.581. The van der Waals surface area contributed by atoms with Crippen LogP contribution in [-0.4, -0.2) is 52.5 Å². The molecule has 25 heavy (non-hydrogen) atoms. The number of thiocarbonyl (C=S) groups is 1. The Balaban J connectivity index is 1.41. The van der Waals surface area contributed by atoms with E-state index in [4.69, 9.17) is 17.0 Å². The van der Waals surface area contributed by atoms with Crippen molar-refractivity contribution in [1.82, 2.24) is 10.2 Å². The molecule has 1 saturated heterocycles. The molecule has 1 aliphatic heterocycles. The first-order chi connectivity index (χ1) is 12.1. The summed E-state index contributed by atoms with van der Waals surface area (Å²) in [6.07, 6.45) is 4.16. The third kappa shape index (κ3) is 4.39. The van der Waals surface area contributed by atoms with Gasteiger partial charge < -0.3 is 10.1 Å². The molecule has 2 amide bonds. The monoisotopic (exact) mass is 398 g/mol. The van der Waals surface area contributed by atoms with Crippen LogP contribution in [0.25, 0.3) is 0 Å². The van der Waals surface area contributed by atoms with E-state index >= 15 is 0 Å². The van der Waals surface area contributed by atoms with E-state index in [9.17, 15) is 14.4 Å². The van der Waals surface area contributed by atoms with Gasteiger partial charge in [0.05, 0.1) is 11.3 Å². The fourth-order valence-corrected chi connectivity index (χ4v) is 5.07. The van der Waals surface area contributed by atoms with Gasteiger partial charge in [0.2, 0.25) is 5.91 Å². The highest BCUT2D eigenvalue weighted by atomic mass is 32.2. The highest BCUT2D eigenvalue weighted by Crippen LogP contribution is 2.30. The molecule has 134 valence electrons. The second kappa shape index (κ2) is 8.29. The van der Waals surface area contributed by atoms with Crippen LogP contribution in [0.5, 0.6) is 0 Å². The number of hydrogen-bond acceptors (Lipinski definition) is 7. The molecule has 1 aromatic rings. The van der Waals surface area contributed by atoms with Crippen LogP contribution in [0.3, 0.4) is 0 Å². The van der Waals surface area contributed by atoms with Crippen molar-refractivity contribution in [3.05, 3.63) is 21.4 Å². The van der Waals surface area contributed by atoms with Gasteiger partial charge >= 0.3 is 5.97 Å². The first kappa shape index (κ1) is 18.3. The summed E-state index contributed by atoms with van der Waals surface area (Å²) in [4.78, 5) is 38.3. The molecule has 3 rings (SSSR count). The van der Waals surface area contributed by atoms with E-state index in [0.717, 1.165) is 31.2 Å². The van der Waals surface area contributed by atoms with Gasteiger partial charge in [-0.15, -0.1) is 11.3 Å². The average Bonchev–Trinajstić information content (AvgIpc) is 3.18. The molecule has 2 heterocycles. The summed E-state index contributed by atoms with van der Waals surface area (Å²) < 4.78 is 5.66. The molecule has 0 saturated carbocycles. The van der Waals surface area contributed by atoms with Crippen LogP contribution in [0.2, 0.25) is 0 Å². The molecule has 0 radical (unpaired) electrons. The summed E-state index contributed by atoms with van der Waals surface area (Å²) in [6.45, 7) is 0.287. The van der Waals surface area contributed by atoms with Gasteiger partial charge in [-0.2, -0.15) is 0 Å². The van der Waals surface area contributed by atoms with Gasteiger partial charge in [-0.05, 0) is 31.2 Å². The number of thioether (sulfide) groups is 1. The zero-order valence-electron chi connectivity index (χ0n) is 13.5. The fraction of sp³-hybridized carbons (Fsp3) is 0.500. The fourth-order valence-electron chi connectivity index (χ4n) is 2.83. The summed E-state index contributed by atoms with van der Waals surface area (Å²) >= 11 is 7.98. The SMILES string of the molecule is O=C(COC(=O)c1csc2c1CCCC2)NCCN1C(=O)CSC1=S. The Kier molecular flexibility index (Phi) is 6.08. The smallest absolute Gasteiger partial charge is 0.339 e. The second-order valence-corrected chi connectivity index (χ2v) is 8.36. The number of rotatable bonds is 6. The van der Waals surface area contributed by atoms with Crippen LogP contribution in [0.4, 0.5) is 0 Å². The zero-order chi connectivity index (χ0) is 17.8. The van der Waals surface area contributed by atoms with Crippen molar-refractivity contribution < 1.29 is 19.1 Å². The maximum Gasteiger partial charge on any atom is 0.339 e. The minimum Gasteiger partial charge on any atom is -0.452 e. The number of amides is 2. The molecule has 1 aliphatic carbocycles. The largest absolute Gasteiger partial charge is 0.452 e. The van der Waals surface area contributed by atoms with Gasteiger partial charge in [-0.3, -0.25) is 14.5 Å². The maximum absolute atomic E-state index is 12.2. The van der Waals surface area contributed by atoms with E-state index in [0.29, 0.717) is 22.2 Å². The van der Waals surface area contributed by atoms with Gasteiger partial charge in [0.15, 0.2) is 6.61 Å². The zero-order valence-corrected chi connectivity index (χ0v) is 16.0. The number of esters is 1. The lowest BCUT2D eigenvalue weighted by molar-refractivity contribution is -0.126. The van der Waals surface area contributed by atoms with Crippen LogP contribution in [0.15, 0.2) is 5.38 Å². The third-order valence-electron chi connectivity index (χ3n) is 4.11. The standard InChI is InChI=1S/C16H18N2O4S3/c19-13(17-5-6-18-14(20)9-25-16(18)23)7-22-15(21)11-8-24-12-4-2-1-3-10(11)12/h8H,1-7,9H2,(H,17,19). The Morgan fingerprint density at radius 1 is 1.32 bits per heavy atom. The predicted molar refractivity (Wildman–Crippen MR) is 101 cm³/mol. The van der Waals surface area contributed by atoms with Crippen LogP contribution in [0.1, 0.15) is 33.6 Å². The van der Waals surface area contributed by atoms with Crippen molar-refractivity contribution in [3.63, 3.8) is 0 Å². The molecule has 1 aromatic heterocycles. The van der Waals surface area contributed by atoms with Gasteiger partial charge in [-0.25, -0.2) is 4.79 Å². The molecule has 1 N–H and O–H groups in total. The average molecular weight is 399 g/mol. The van der Waals surface area contributed by atoms with Gasteiger partial charge in [0.1, 0.15) is 4.32 Å². The third-order valence-corrected chi connectivity index (χ3v) is 6.63. The maximum atomic E-state index is 12.2. The van der Waals surface area contributed by atoms with E-state index in [1.807, 2.05) is 5.38 Å². The minimum absolute atomic E-state index is 0.0436. The lowest BCUT2D eigenvalue weighted by Crippen LogP contribution is -2.38. The molecular weight excluding hydrogens is 380 g/mol. The molecule has 0 unspecified atom stereocenters.